The number of alkyl halides is 5. The van der Waals surface area contributed by atoms with Crippen LogP contribution in [0.3, 0.4) is 0 Å². The summed E-state index contributed by atoms with van der Waals surface area (Å²) in [6.45, 7) is 1.61. The van der Waals surface area contributed by atoms with E-state index in [9.17, 15) is 22.0 Å². The fourth-order valence-corrected chi connectivity index (χ4v) is 0.849. The molecule has 0 atom stereocenters. The molecule has 1 aromatic rings. The zero-order valence-corrected chi connectivity index (χ0v) is 7.12. The molecule has 0 radical (unpaired) electrons. The molecule has 7 heteroatoms. The Bertz CT molecular complexity index is 314. The van der Waals surface area contributed by atoms with Crippen LogP contribution in [0.25, 0.3) is 0 Å². The van der Waals surface area contributed by atoms with Gasteiger partial charge in [0.05, 0.1) is 0 Å². The maximum absolute atomic E-state index is 12.6. The molecule has 0 aliphatic heterocycles. The highest BCUT2D eigenvalue weighted by molar-refractivity contribution is 5.15. The fourth-order valence-electron chi connectivity index (χ4n) is 0.849. The van der Waals surface area contributed by atoms with Gasteiger partial charge in [-0.25, -0.2) is 0 Å². The second kappa shape index (κ2) is 3.21. The summed E-state index contributed by atoms with van der Waals surface area (Å²) in [4.78, 5) is 0. The van der Waals surface area contributed by atoms with Crippen LogP contribution < -0.4 is 0 Å². The van der Waals surface area contributed by atoms with Gasteiger partial charge in [0, 0.05) is 5.69 Å². The number of hydrogen-bond acceptors (Lipinski definition) is 1. The van der Waals surface area contributed by atoms with Gasteiger partial charge in [0.1, 0.15) is 5.69 Å². The van der Waals surface area contributed by atoms with Gasteiger partial charge in [-0.15, -0.1) is 0 Å². The van der Waals surface area contributed by atoms with Crippen LogP contribution in [0.2, 0.25) is 0 Å². The standard InChI is InChI=1S/C7H7F5N2/c1-2-4-3-5(14-13-4)6(8,9)7(10,11)12/h3H,2H2,1H3,(H,13,14). The summed E-state index contributed by atoms with van der Waals surface area (Å²) >= 11 is 0. The minimum absolute atomic E-state index is 0.240. The lowest BCUT2D eigenvalue weighted by molar-refractivity contribution is -0.290. The fraction of sp³-hybridized carbons (Fsp3) is 0.571. The van der Waals surface area contributed by atoms with Crippen LogP contribution >= 0.6 is 0 Å². The van der Waals surface area contributed by atoms with Crippen LogP contribution in [0.15, 0.2) is 6.07 Å². The first-order valence-corrected chi connectivity index (χ1v) is 3.78. The molecule has 1 heterocycles. The van der Waals surface area contributed by atoms with E-state index in [1.807, 2.05) is 0 Å². The molecule has 1 N–H and O–H groups in total. The van der Waals surface area contributed by atoms with Gasteiger partial charge in [0.15, 0.2) is 0 Å². The van der Waals surface area contributed by atoms with Crippen molar-refractivity contribution in [1.82, 2.24) is 10.2 Å². The van der Waals surface area contributed by atoms with Gasteiger partial charge in [-0.3, -0.25) is 5.10 Å². The lowest BCUT2D eigenvalue weighted by Crippen LogP contribution is -2.34. The van der Waals surface area contributed by atoms with E-state index in [0.29, 0.717) is 12.5 Å². The maximum atomic E-state index is 12.6. The third-order valence-electron chi connectivity index (χ3n) is 1.69. The average molecular weight is 214 g/mol. The SMILES string of the molecule is CCc1cc(C(F)(F)C(F)(F)F)n[nH]1. The van der Waals surface area contributed by atoms with Crippen LogP contribution in [-0.2, 0) is 12.3 Å². The van der Waals surface area contributed by atoms with E-state index in [1.165, 1.54) is 0 Å². The van der Waals surface area contributed by atoms with Gasteiger partial charge in [-0.1, -0.05) is 6.92 Å². The molecule has 0 amide bonds. The molecule has 0 aromatic carbocycles. The lowest BCUT2D eigenvalue weighted by Gasteiger charge is -2.16. The molecule has 0 unspecified atom stereocenters. The second-order valence-corrected chi connectivity index (χ2v) is 2.70. The van der Waals surface area contributed by atoms with Crippen molar-refractivity contribution >= 4 is 0 Å². The molecule has 1 aromatic heterocycles. The predicted molar refractivity (Wildman–Crippen MR) is 37.9 cm³/mol. The van der Waals surface area contributed by atoms with Gasteiger partial charge in [0.25, 0.3) is 0 Å². The molecule has 0 aliphatic carbocycles. The number of halogens is 5. The highest BCUT2D eigenvalue weighted by atomic mass is 19.4. The quantitative estimate of drug-likeness (QED) is 0.753. The maximum Gasteiger partial charge on any atom is 0.459 e. The molecule has 2 nitrogen and oxygen atoms in total. The number of aromatic amines is 1. The lowest BCUT2D eigenvalue weighted by atomic mass is 10.2. The molecule has 1 rings (SSSR count). The molecule has 0 fully saturated rings. The van der Waals surface area contributed by atoms with Crippen LogP contribution in [-0.4, -0.2) is 16.4 Å². The van der Waals surface area contributed by atoms with Crippen LogP contribution in [0.1, 0.15) is 18.3 Å². The van der Waals surface area contributed by atoms with Gasteiger partial charge < -0.3 is 0 Å². The Kier molecular flexibility index (Phi) is 2.51. The zero-order chi connectivity index (χ0) is 11.0. The van der Waals surface area contributed by atoms with Crippen molar-refractivity contribution in [2.24, 2.45) is 0 Å². The molecule has 0 aliphatic rings. The highest BCUT2D eigenvalue weighted by Gasteiger charge is 2.60. The molecular formula is C7H7F5N2. The van der Waals surface area contributed by atoms with E-state index in [2.05, 4.69) is 10.2 Å². The number of nitrogens with zero attached hydrogens (tertiary/aromatic N) is 1. The first-order valence-electron chi connectivity index (χ1n) is 3.78. The first kappa shape index (κ1) is 10.9. The smallest absolute Gasteiger partial charge is 0.282 e. The molecule has 0 spiro atoms. The van der Waals surface area contributed by atoms with E-state index >= 15 is 0 Å². The molecule has 0 saturated carbocycles. The summed E-state index contributed by atoms with van der Waals surface area (Å²) in [6.07, 6.45) is -5.28. The predicted octanol–water partition coefficient (Wildman–Crippen LogP) is 2.63. The summed E-state index contributed by atoms with van der Waals surface area (Å²) in [5.74, 6) is -4.89. The monoisotopic (exact) mass is 214 g/mol. The minimum Gasteiger partial charge on any atom is -0.282 e. The second-order valence-electron chi connectivity index (χ2n) is 2.70. The Morgan fingerprint density at radius 3 is 2.21 bits per heavy atom. The average Bonchev–Trinajstić information content (AvgIpc) is 2.49. The summed E-state index contributed by atoms with van der Waals surface area (Å²) in [5.41, 5.74) is -1.05. The van der Waals surface area contributed by atoms with Crippen molar-refractivity contribution in [2.45, 2.75) is 25.4 Å². The molecular weight excluding hydrogens is 207 g/mol. The molecule has 14 heavy (non-hydrogen) atoms. The molecule has 80 valence electrons. The Labute approximate surface area is 76.1 Å². The van der Waals surface area contributed by atoms with Crippen molar-refractivity contribution in [3.8, 4) is 0 Å². The van der Waals surface area contributed by atoms with E-state index in [4.69, 9.17) is 0 Å². The van der Waals surface area contributed by atoms with E-state index in [0.717, 1.165) is 0 Å². The van der Waals surface area contributed by atoms with Crippen LogP contribution in [0.5, 0.6) is 0 Å². The summed E-state index contributed by atoms with van der Waals surface area (Å²) < 4.78 is 60.7. The normalized spacial score (nSPS) is 13.3. The number of H-pyrrole nitrogens is 1. The van der Waals surface area contributed by atoms with E-state index < -0.39 is 17.8 Å². The third-order valence-corrected chi connectivity index (χ3v) is 1.69. The third kappa shape index (κ3) is 1.71. The Morgan fingerprint density at radius 1 is 1.29 bits per heavy atom. The van der Waals surface area contributed by atoms with Crippen molar-refractivity contribution in [3.05, 3.63) is 17.5 Å². The Hall–Kier alpha value is -1.14. The van der Waals surface area contributed by atoms with Crippen LogP contribution in [0, 0.1) is 0 Å². The highest BCUT2D eigenvalue weighted by Crippen LogP contribution is 2.42. The zero-order valence-electron chi connectivity index (χ0n) is 7.12. The summed E-state index contributed by atoms with van der Waals surface area (Å²) in [7, 11) is 0. The van der Waals surface area contributed by atoms with Gasteiger partial charge in [-0.05, 0) is 12.5 Å². The van der Waals surface area contributed by atoms with E-state index in [-0.39, 0.29) is 5.69 Å². The summed E-state index contributed by atoms with van der Waals surface area (Å²) in [5, 5.41) is 5.03. The van der Waals surface area contributed by atoms with Gasteiger partial charge in [-0.2, -0.15) is 27.1 Å². The summed E-state index contributed by atoms with van der Waals surface area (Å²) in [6, 6.07) is 0.716. The topological polar surface area (TPSA) is 28.7 Å². The molecule has 0 saturated heterocycles. The first-order chi connectivity index (χ1) is 6.29. The Balaban J connectivity index is 3.04. The van der Waals surface area contributed by atoms with E-state index in [1.54, 1.807) is 6.92 Å². The number of rotatable bonds is 2. The largest absolute Gasteiger partial charge is 0.459 e. The molecule has 0 bridgehead atoms. The van der Waals surface area contributed by atoms with Crippen molar-refractivity contribution in [2.75, 3.05) is 0 Å². The van der Waals surface area contributed by atoms with Gasteiger partial charge >= 0.3 is 12.1 Å². The van der Waals surface area contributed by atoms with Gasteiger partial charge in [0.2, 0.25) is 0 Å². The Morgan fingerprint density at radius 2 is 1.86 bits per heavy atom. The minimum atomic E-state index is -5.60. The van der Waals surface area contributed by atoms with Crippen molar-refractivity contribution < 1.29 is 22.0 Å². The number of aromatic nitrogens is 2. The van der Waals surface area contributed by atoms with Crippen LogP contribution in [0.4, 0.5) is 22.0 Å². The number of aryl methyl sites for hydroxylation is 1. The number of nitrogens with one attached hydrogen (secondary N) is 1. The van der Waals surface area contributed by atoms with Crippen molar-refractivity contribution in [1.29, 1.82) is 0 Å². The number of hydrogen-bond donors (Lipinski definition) is 1. The van der Waals surface area contributed by atoms with Crippen molar-refractivity contribution in [3.63, 3.8) is 0 Å².